The van der Waals surface area contributed by atoms with Crippen LogP contribution in [-0.4, -0.2) is 37.2 Å². The number of hydrogen-bond acceptors (Lipinski definition) is 6. The lowest BCUT2D eigenvalue weighted by Gasteiger charge is -2.18. The highest BCUT2D eigenvalue weighted by molar-refractivity contribution is 5.71. The Kier molecular flexibility index (Phi) is 65.7. The van der Waals surface area contributed by atoms with E-state index >= 15 is 0 Å². The highest BCUT2D eigenvalue weighted by atomic mass is 16.6. The zero-order valence-corrected chi connectivity index (χ0v) is 53.3. The van der Waals surface area contributed by atoms with Crippen molar-refractivity contribution in [2.75, 3.05) is 13.2 Å². The van der Waals surface area contributed by atoms with E-state index in [2.05, 4.69) is 93.7 Å². The van der Waals surface area contributed by atoms with Crippen LogP contribution in [0.5, 0.6) is 0 Å². The Labute approximate surface area is 497 Å². The molecular weight excluding hydrogens is 985 g/mol. The quantitative estimate of drug-likeness (QED) is 0.0261. The highest BCUT2D eigenvalue weighted by Crippen LogP contribution is 2.18. The first kappa shape index (κ1) is 76.9. The molecule has 6 nitrogen and oxygen atoms in total. The molecule has 0 N–H and O–H groups in total. The van der Waals surface area contributed by atoms with Gasteiger partial charge in [0.05, 0.1) is 0 Å². The molecule has 80 heavy (non-hydrogen) atoms. The highest BCUT2D eigenvalue weighted by Gasteiger charge is 2.19. The van der Waals surface area contributed by atoms with Crippen LogP contribution >= 0.6 is 0 Å². The van der Waals surface area contributed by atoms with Gasteiger partial charge in [-0.1, -0.05) is 325 Å². The number of esters is 3. The van der Waals surface area contributed by atoms with Gasteiger partial charge in [0.15, 0.2) is 6.10 Å². The van der Waals surface area contributed by atoms with Crippen LogP contribution in [0.25, 0.3) is 0 Å². The molecule has 0 aromatic heterocycles. The van der Waals surface area contributed by atoms with E-state index < -0.39 is 6.10 Å². The van der Waals surface area contributed by atoms with Gasteiger partial charge in [0.1, 0.15) is 13.2 Å². The molecule has 0 aliphatic heterocycles. The van der Waals surface area contributed by atoms with Crippen molar-refractivity contribution < 1.29 is 28.6 Å². The summed E-state index contributed by atoms with van der Waals surface area (Å²) in [6.07, 6.45) is 89.3. The van der Waals surface area contributed by atoms with Crippen LogP contribution in [0.3, 0.4) is 0 Å². The third-order valence-electron chi connectivity index (χ3n) is 15.4. The van der Waals surface area contributed by atoms with Gasteiger partial charge < -0.3 is 14.2 Å². The van der Waals surface area contributed by atoms with E-state index in [4.69, 9.17) is 14.2 Å². The smallest absolute Gasteiger partial charge is 0.306 e. The molecule has 0 saturated heterocycles. The van der Waals surface area contributed by atoms with Gasteiger partial charge >= 0.3 is 17.9 Å². The van der Waals surface area contributed by atoms with Crippen molar-refractivity contribution in [3.63, 3.8) is 0 Å². The second kappa shape index (κ2) is 68.3. The lowest BCUT2D eigenvalue weighted by Crippen LogP contribution is -2.30. The average Bonchev–Trinajstić information content (AvgIpc) is 3.46. The maximum absolute atomic E-state index is 12.9. The van der Waals surface area contributed by atoms with Crippen molar-refractivity contribution in [3.05, 3.63) is 72.9 Å². The van der Waals surface area contributed by atoms with Gasteiger partial charge in [-0.05, 0) is 89.9 Å². The number of carbonyl (C=O) groups is 3. The normalized spacial score (nSPS) is 12.5. The van der Waals surface area contributed by atoms with E-state index in [9.17, 15) is 14.4 Å². The molecule has 0 aromatic rings. The minimum Gasteiger partial charge on any atom is -0.462 e. The zero-order chi connectivity index (χ0) is 57.8. The van der Waals surface area contributed by atoms with Crippen molar-refractivity contribution >= 4 is 17.9 Å². The van der Waals surface area contributed by atoms with E-state index in [0.717, 1.165) is 96.3 Å². The summed E-state index contributed by atoms with van der Waals surface area (Å²) in [5.74, 6) is -0.858. The van der Waals surface area contributed by atoms with Gasteiger partial charge in [0.2, 0.25) is 0 Å². The van der Waals surface area contributed by atoms with Crippen molar-refractivity contribution in [1.82, 2.24) is 0 Å². The summed E-state index contributed by atoms with van der Waals surface area (Å²) in [7, 11) is 0. The van der Waals surface area contributed by atoms with Crippen molar-refractivity contribution in [2.24, 2.45) is 0 Å². The van der Waals surface area contributed by atoms with Crippen LogP contribution in [0.2, 0.25) is 0 Å². The molecule has 464 valence electrons. The molecule has 0 fully saturated rings. The average molecular weight is 1120 g/mol. The summed E-state index contributed by atoms with van der Waals surface area (Å²) >= 11 is 0. The molecule has 1 unspecified atom stereocenters. The zero-order valence-electron chi connectivity index (χ0n) is 53.3. The molecule has 0 heterocycles. The SMILES string of the molecule is CC/C=C\C/C=C\C/C=C\C/C=C\CCCCCCCCCCCCCCCCCCCCC(=O)OCC(COC(=O)CCCCCCCCCCCCCCCC)OC(=O)CCCCCCCCC/C=C\C/C=C\CCCCC. The van der Waals surface area contributed by atoms with Gasteiger partial charge in [0, 0.05) is 19.3 Å². The third-order valence-corrected chi connectivity index (χ3v) is 15.4. The minimum absolute atomic E-state index is 0.0727. The predicted molar refractivity (Wildman–Crippen MR) is 348 cm³/mol. The molecule has 6 heteroatoms. The van der Waals surface area contributed by atoms with Crippen molar-refractivity contribution in [3.8, 4) is 0 Å². The van der Waals surface area contributed by atoms with Crippen LogP contribution < -0.4 is 0 Å². The fraction of sp³-hybridized carbons (Fsp3) is 0.797. The summed E-state index contributed by atoms with van der Waals surface area (Å²) in [5, 5.41) is 0. The Hall–Kier alpha value is -3.15. The molecule has 0 aliphatic carbocycles. The third kappa shape index (κ3) is 65.7. The molecule has 0 bridgehead atoms. The molecule has 1 atom stereocenters. The van der Waals surface area contributed by atoms with Crippen LogP contribution in [-0.2, 0) is 28.6 Å². The molecule has 0 spiro atoms. The van der Waals surface area contributed by atoms with Crippen LogP contribution in [0.4, 0.5) is 0 Å². The number of rotatable bonds is 64. The predicted octanol–water partition coefficient (Wildman–Crippen LogP) is 24.1. The number of carbonyl (C=O) groups excluding carboxylic acids is 3. The van der Waals surface area contributed by atoms with E-state index in [-0.39, 0.29) is 31.1 Å². The number of allylic oxidation sites excluding steroid dienone is 12. The lowest BCUT2D eigenvalue weighted by atomic mass is 10.0. The van der Waals surface area contributed by atoms with Crippen molar-refractivity contribution in [2.45, 2.75) is 367 Å². The van der Waals surface area contributed by atoms with Crippen molar-refractivity contribution in [1.29, 1.82) is 0 Å². The monoisotopic (exact) mass is 1120 g/mol. The first-order chi connectivity index (χ1) is 39.5. The van der Waals surface area contributed by atoms with Crippen LogP contribution in [0.15, 0.2) is 72.9 Å². The van der Waals surface area contributed by atoms with E-state index in [1.165, 1.54) is 225 Å². The minimum atomic E-state index is -0.777. The maximum atomic E-state index is 12.9. The Morgan fingerprint density at radius 3 is 0.787 bits per heavy atom. The summed E-state index contributed by atoms with van der Waals surface area (Å²) in [6.45, 7) is 6.55. The summed E-state index contributed by atoms with van der Waals surface area (Å²) < 4.78 is 17.0. The summed E-state index contributed by atoms with van der Waals surface area (Å²) in [4.78, 5) is 38.4. The van der Waals surface area contributed by atoms with Gasteiger partial charge in [-0.2, -0.15) is 0 Å². The molecule has 0 amide bonds. The molecular formula is C74H132O6. The maximum Gasteiger partial charge on any atom is 0.306 e. The Bertz CT molecular complexity index is 1470. The fourth-order valence-electron chi connectivity index (χ4n) is 10.2. The first-order valence-corrected chi connectivity index (χ1v) is 34.9. The second-order valence-corrected chi connectivity index (χ2v) is 23.4. The standard InChI is InChI=1S/C74H132O6/c1-4-7-10-13-16-19-22-25-28-30-31-32-33-34-35-36-37-38-39-40-41-42-43-45-46-49-52-55-58-61-64-67-73(76)79-70-71(69-78-72(75)66-63-60-57-54-51-48-27-24-21-18-15-12-9-6-3)80-74(77)68-65-62-59-56-53-50-47-44-29-26-23-20-17-14-11-8-5-2/h7,10,16-17,19-20,25-26,28-29,31-32,71H,4-6,8-9,11-15,18,21-24,27,30,33-70H2,1-3H3/b10-7-,19-16-,20-17-,28-25-,29-26-,32-31-. The Morgan fingerprint density at radius 2 is 0.487 bits per heavy atom. The summed E-state index contributed by atoms with van der Waals surface area (Å²) in [6, 6.07) is 0. The second-order valence-electron chi connectivity index (χ2n) is 23.4. The van der Waals surface area contributed by atoms with Gasteiger partial charge in [-0.15, -0.1) is 0 Å². The number of ether oxygens (including phenoxy) is 3. The molecule has 0 aromatic carbocycles. The topological polar surface area (TPSA) is 78.9 Å². The number of hydrogen-bond donors (Lipinski definition) is 0. The fourth-order valence-corrected chi connectivity index (χ4v) is 10.2. The van der Waals surface area contributed by atoms with Crippen LogP contribution in [0, 0.1) is 0 Å². The molecule has 0 saturated carbocycles. The molecule has 0 aliphatic rings. The van der Waals surface area contributed by atoms with Crippen LogP contribution in [0.1, 0.15) is 361 Å². The molecule has 0 rings (SSSR count). The lowest BCUT2D eigenvalue weighted by molar-refractivity contribution is -0.167. The van der Waals surface area contributed by atoms with Gasteiger partial charge in [-0.25, -0.2) is 0 Å². The Morgan fingerprint density at radius 1 is 0.263 bits per heavy atom. The van der Waals surface area contributed by atoms with E-state index in [1.807, 2.05) is 0 Å². The largest absolute Gasteiger partial charge is 0.462 e. The van der Waals surface area contributed by atoms with Gasteiger partial charge in [-0.3, -0.25) is 14.4 Å². The molecule has 0 radical (unpaired) electrons. The first-order valence-electron chi connectivity index (χ1n) is 34.9. The van der Waals surface area contributed by atoms with Gasteiger partial charge in [0.25, 0.3) is 0 Å². The van der Waals surface area contributed by atoms with E-state index in [1.54, 1.807) is 0 Å². The Balaban J connectivity index is 4.19. The summed E-state index contributed by atoms with van der Waals surface area (Å²) in [5.41, 5.74) is 0. The number of unbranched alkanes of at least 4 members (excludes halogenated alkanes) is 41. The van der Waals surface area contributed by atoms with E-state index in [0.29, 0.717) is 19.3 Å².